The van der Waals surface area contributed by atoms with Gasteiger partial charge in [0.1, 0.15) is 5.01 Å². The van der Waals surface area contributed by atoms with Gasteiger partial charge in [-0.2, -0.15) is 11.8 Å². The van der Waals surface area contributed by atoms with Crippen molar-refractivity contribution in [3.05, 3.63) is 16.6 Å². The van der Waals surface area contributed by atoms with Crippen molar-refractivity contribution >= 4 is 23.1 Å². The molecule has 0 aliphatic carbocycles. The zero-order chi connectivity index (χ0) is 10.2. The highest BCUT2D eigenvalue weighted by Gasteiger charge is 2.05. The van der Waals surface area contributed by atoms with Crippen LogP contribution in [0.2, 0.25) is 0 Å². The highest BCUT2D eigenvalue weighted by Crippen LogP contribution is 2.14. The van der Waals surface area contributed by atoms with E-state index in [0.717, 1.165) is 6.54 Å². The molecule has 0 aliphatic rings. The number of hydrogen-bond donors (Lipinski definition) is 1. The summed E-state index contributed by atoms with van der Waals surface area (Å²) >= 11 is 3.64. The number of thiazole rings is 1. The van der Waals surface area contributed by atoms with Gasteiger partial charge in [-0.15, -0.1) is 11.3 Å². The standard InChI is InChI=1S/C10H18N2S2/c1-9(10-12-6-8-14-10)11-5-3-4-7-13-2/h6,8-9,11H,3-5,7H2,1-2H3. The number of unbranched alkanes of at least 4 members (excludes halogenated alkanes) is 1. The van der Waals surface area contributed by atoms with Crippen molar-refractivity contribution in [3.8, 4) is 0 Å². The maximum absolute atomic E-state index is 4.28. The highest BCUT2D eigenvalue weighted by atomic mass is 32.2. The Labute approximate surface area is 94.5 Å². The van der Waals surface area contributed by atoms with E-state index in [1.165, 1.54) is 23.6 Å². The van der Waals surface area contributed by atoms with Crippen LogP contribution in [0.15, 0.2) is 11.6 Å². The van der Waals surface area contributed by atoms with E-state index >= 15 is 0 Å². The molecule has 0 radical (unpaired) electrons. The van der Waals surface area contributed by atoms with E-state index in [1.54, 1.807) is 11.3 Å². The van der Waals surface area contributed by atoms with Crippen LogP contribution in [0.5, 0.6) is 0 Å². The van der Waals surface area contributed by atoms with E-state index < -0.39 is 0 Å². The minimum atomic E-state index is 0.407. The lowest BCUT2D eigenvalue weighted by Gasteiger charge is -2.10. The fraction of sp³-hybridized carbons (Fsp3) is 0.700. The molecule has 1 unspecified atom stereocenters. The second kappa shape index (κ2) is 7.26. The molecule has 0 saturated carbocycles. The molecule has 0 saturated heterocycles. The lowest BCUT2D eigenvalue weighted by Crippen LogP contribution is -2.19. The third kappa shape index (κ3) is 4.44. The SMILES string of the molecule is CSCCCCNC(C)c1nccs1. The lowest BCUT2D eigenvalue weighted by molar-refractivity contribution is 0.553. The Kier molecular flexibility index (Phi) is 6.23. The highest BCUT2D eigenvalue weighted by molar-refractivity contribution is 7.98. The quantitative estimate of drug-likeness (QED) is 0.729. The minimum Gasteiger partial charge on any atom is -0.308 e. The largest absolute Gasteiger partial charge is 0.308 e. The number of hydrogen-bond acceptors (Lipinski definition) is 4. The topological polar surface area (TPSA) is 24.9 Å². The Balaban J connectivity index is 2.07. The van der Waals surface area contributed by atoms with Gasteiger partial charge in [0.25, 0.3) is 0 Å². The Hall–Kier alpha value is -0.0600. The van der Waals surface area contributed by atoms with E-state index in [9.17, 15) is 0 Å². The third-order valence-corrected chi connectivity index (χ3v) is 3.70. The molecule has 1 aromatic heterocycles. The normalized spacial score (nSPS) is 13.0. The molecule has 1 atom stereocenters. The summed E-state index contributed by atoms with van der Waals surface area (Å²) in [5.41, 5.74) is 0. The first kappa shape index (κ1) is 12.0. The van der Waals surface area contributed by atoms with Crippen LogP contribution in [0, 0.1) is 0 Å². The van der Waals surface area contributed by atoms with Crippen molar-refractivity contribution in [1.29, 1.82) is 0 Å². The second-order valence-corrected chi connectivity index (χ2v) is 5.16. The predicted molar refractivity (Wildman–Crippen MR) is 66.1 cm³/mol. The van der Waals surface area contributed by atoms with Gasteiger partial charge in [-0.3, -0.25) is 0 Å². The molecule has 1 N–H and O–H groups in total. The maximum Gasteiger partial charge on any atom is 0.109 e. The third-order valence-electron chi connectivity index (χ3n) is 2.05. The van der Waals surface area contributed by atoms with Gasteiger partial charge in [-0.05, 0) is 38.3 Å². The molecular weight excluding hydrogens is 212 g/mol. The molecule has 1 rings (SSSR count). The van der Waals surface area contributed by atoms with Gasteiger partial charge in [0.05, 0.1) is 6.04 Å². The molecule has 0 bridgehead atoms. The summed E-state index contributed by atoms with van der Waals surface area (Å²) in [6.07, 6.45) is 6.59. The molecule has 4 heteroatoms. The monoisotopic (exact) mass is 230 g/mol. The van der Waals surface area contributed by atoms with Crippen LogP contribution >= 0.6 is 23.1 Å². The molecule has 0 amide bonds. The van der Waals surface area contributed by atoms with Crippen LogP contribution < -0.4 is 5.32 Å². The molecule has 0 fully saturated rings. The van der Waals surface area contributed by atoms with Crippen LogP contribution in [0.3, 0.4) is 0 Å². The van der Waals surface area contributed by atoms with E-state index in [2.05, 4.69) is 23.5 Å². The van der Waals surface area contributed by atoms with Crippen LogP contribution in [0.4, 0.5) is 0 Å². The number of thioether (sulfide) groups is 1. The average Bonchev–Trinajstić information content (AvgIpc) is 2.70. The Morgan fingerprint density at radius 3 is 3.07 bits per heavy atom. The summed E-state index contributed by atoms with van der Waals surface area (Å²) in [5.74, 6) is 1.27. The Bertz CT molecular complexity index is 224. The zero-order valence-corrected chi connectivity index (χ0v) is 10.5. The first-order chi connectivity index (χ1) is 6.84. The summed E-state index contributed by atoms with van der Waals surface area (Å²) < 4.78 is 0. The summed E-state index contributed by atoms with van der Waals surface area (Å²) in [7, 11) is 0. The molecule has 0 aromatic carbocycles. The first-order valence-electron chi connectivity index (χ1n) is 4.96. The van der Waals surface area contributed by atoms with Crippen LogP contribution in [-0.2, 0) is 0 Å². The second-order valence-electron chi connectivity index (χ2n) is 3.25. The van der Waals surface area contributed by atoms with Gasteiger partial charge in [-0.1, -0.05) is 0 Å². The predicted octanol–water partition coefficient (Wildman–Crippen LogP) is 2.94. The van der Waals surface area contributed by atoms with Gasteiger partial charge in [0.15, 0.2) is 0 Å². The lowest BCUT2D eigenvalue weighted by atomic mass is 10.3. The van der Waals surface area contributed by atoms with Gasteiger partial charge >= 0.3 is 0 Å². The van der Waals surface area contributed by atoms with Crippen molar-refractivity contribution in [2.24, 2.45) is 0 Å². The minimum absolute atomic E-state index is 0.407. The molecule has 2 nitrogen and oxygen atoms in total. The van der Waals surface area contributed by atoms with E-state index in [0.29, 0.717) is 6.04 Å². The Morgan fingerprint density at radius 1 is 1.57 bits per heavy atom. The van der Waals surface area contributed by atoms with Gasteiger partial charge in [0.2, 0.25) is 0 Å². The first-order valence-corrected chi connectivity index (χ1v) is 7.23. The van der Waals surface area contributed by atoms with Crippen molar-refractivity contribution < 1.29 is 0 Å². The summed E-state index contributed by atoms with van der Waals surface area (Å²) in [6, 6.07) is 0.407. The summed E-state index contributed by atoms with van der Waals surface area (Å²) in [4.78, 5) is 4.28. The van der Waals surface area contributed by atoms with Crippen LogP contribution in [0.1, 0.15) is 30.8 Å². The van der Waals surface area contributed by atoms with Crippen molar-refractivity contribution in [3.63, 3.8) is 0 Å². The summed E-state index contributed by atoms with van der Waals surface area (Å²) in [6.45, 7) is 3.27. The van der Waals surface area contributed by atoms with Crippen molar-refractivity contribution in [2.75, 3.05) is 18.6 Å². The smallest absolute Gasteiger partial charge is 0.109 e. The molecule has 0 aliphatic heterocycles. The number of nitrogens with zero attached hydrogens (tertiary/aromatic N) is 1. The van der Waals surface area contributed by atoms with Gasteiger partial charge in [-0.25, -0.2) is 4.98 Å². The number of aromatic nitrogens is 1. The molecule has 1 aromatic rings. The van der Waals surface area contributed by atoms with Crippen LogP contribution in [0.25, 0.3) is 0 Å². The fourth-order valence-electron chi connectivity index (χ4n) is 1.23. The summed E-state index contributed by atoms with van der Waals surface area (Å²) in [5, 5.41) is 6.70. The van der Waals surface area contributed by atoms with Gasteiger partial charge in [0, 0.05) is 11.6 Å². The van der Waals surface area contributed by atoms with Gasteiger partial charge < -0.3 is 5.32 Å². The van der Waals surface area contributed by atoms with E-state index in [4.69, 9.17) is 0 Å². The zero-order valence-electron chi connectivity index (χ0n) is 8.82. The van der Waals surface area contributed by atoms with E-state index in [-0.39, 0.29) is 0 Å². The van der Waals surface area contributed by atoms with E-state index in [1.807, 2.05) is 23.3 Å². The molecule has 0 spiro atoms. The van der Waals surface area contributed by atoms with Crippen molar-refractivity contribution in [2.45, 2.75) is 25.8 Å². The fourth-order valence-corrected chi connectivity index (χ4v) is 2.39. The van der Waals surface area contributed by atoms with Crippen molar-refractivity contribution in [1.82, 2.24) is 10.3 Å². The molecule has 80 valence electrons. The average molecular weight is 230 g/mol. The number of nitrogens with one attached hydrogen (secondary N) is 1. The Morgan fingerprint density at radius 2 is 2.43 bits per heavy atom. The number of rotatable bonds is 7. The maximum atomic E-state index is 4.28. The van der Waals surface area contributed by atoms with Crippen LogP contribution in [-0.4, -0.2) is 23.5 Å². The molecule has 1 heterocycles. The molecular formula is C10H18N2S2. The molecule has 14 heavy (non-hydrogen) atoms.